The lowest BCUT2D eigenvalue weighted by molar-refractivity contribution is -0.137. The first-order chi connectivity index (χ1) is 15.2. The number of nitrogens with zero attached hydrogens (tertiary/aromatic N) is 1. The normalized spacial score (nSPS) is 11.2. The maximum Gasteiger partial charge on any atom is 0.417 e. The second kappa shape index (κ2) is 10.0. The van der Waals surface area contributed by atoms with Gasteiger partial charge in [-0.05, 0) is 54.6 Å². The molecule has 0 saturated heterocycles. The average molecular weight is 482 g/mol. The number of halogens is 4. The molecule has 2 N–H and O–H groups in total. The molecule has 0 aliphatic heterocycles. The van der Waals surface area contributed by atoms with Crippen LogP contribution in [0.3, 0.4) is 0 Å². The fraction of sp³-hybridized carbons (Fsp3) is 0.0952. The van der Waals surface area contributed by atoms with Gasteiger partial charge in [-0.2, -0.15) is 13.2 Å². The summed E-state index contributed by atoms with van der Waals surface area (Å²) in [5, 5.41) is 2.07. The Bertz CT molecular complexity index is 1140. The van der Waals surface area contributed by atoms with Gasteiger partial charge in [0.15, 0.2) is 0 Å². The quantitative estimate of drug-likeness (QED) is 0.458. The molecule has 166 valence electrons. The predicted octanol–water partition coefficient (Wildman–Crippen LogP) is 5.45. The molecular weight excluding hydrogens is 467 g/mol. The summed E-state index contributed by atoms with van der Waals surface area (Å²) in [5.74, 6) is -1.18. The van der Waals surface area contributed by atoms with Crippen LogP contribution in [-0.2, 0) is 11.0 Å². The Hall–Kier alpha value is -3.08. The van der Waals surface area contributed by atoms with E-state index in [1.54, 1.807) is 36.4 Å². The molecule has 32 heavy (non-hydrogen) atoms. The number of hydrogen-bond donors (Lipinski definition) is 2. The molecule has 1 aromatic heterocycles. The Kier molecular flexibility index (Phi) is 7.39. The Morgan fingerprint density at radius 3 is 2.38 bits per heavy atom. The minimum atomic E-state index is -4.66. The van der Waals surface area contributed by atoms with Crippen molar-refractivity contribution < 1.29 is 27.6 Å². The van der Waals surface area contributed by atoms with E-state index in [-0.39, 0.29) is 11.3 Å². The van der Waals surface area contributed by atoms with Gasteiger partial charge in [0.2, 0.25) is 0 Å². The Morgan fingerprint density at radius 2 is 1.72 bits per heavy atom. The van der Waals surface area contributed by atoms with E-state index in [1.165, 1.54) is 31.1 Å². The molecule has 3 aromatic rings. The zero-order valence-electron chi connectivity index (χ0n) is 16.4. The number of pyridine rings is 1. The molecular formula is C21H15ClF3N3O3S. The van der Waals surface area contributed by atoms with Gasteiger partial charge in [0.1, 0.15) is 5.69 Å². The van der Waals surface area contributed by atoms with Crippen molar-refractivity contribution in [3.8, 4) is 0 Å². The number of amides is 2. The molecule has 0 radical (unpaired) electrons. The summed E-state index contributed by atoms with van der Waals surface area (Å²) < 4.78 is 39.0. The maximum absolute atomic E-state index is 13.0. The van der Waals surface area contributed by atoms with E-state index < -0.39 is 28.6 Å². The van der Waals surface area contributed by atoms with Crippen LogP contribution in [0.4, 0.5) is 18.9 Å². The largest absolute Gasteiger partial charge is 0.417 e. The summed E-state index contributed by atoms with van der Waals surface area (Å²) in [6.07, 6.45) is -3.17. The highest BCUT2D eigenvalue weighted by Gasteiger charge is 2.33. The third-order valence-electron chi connectivity index (χ3n) is 4.04. The van der Waals surface area contributed by atoms with Crippen LogP contribution in [-0.4, -0.2) is 23.9 Å². The van der Waals surface area contributed by atoms with Crippen LogP contribution in [0.2, 0.25) is 5.02 Å². The molecule has 2 aromatic carbocycles. The minimum Gasteiger partial charge on any atom is -0.322 e. The van der Waals surface area contributed by atoms with E-state index in [4.69, 9.17) is 11.6 Å². The van der Waals surface area contributed by atoms with Gasteiger partial charge < -0.3 is 5.32 Å². The molecule has 0 saturated carbocycles. The summed E-state index contributed by atoms with van der Waals surface area (Å²) in [6, 6.07) is 12.9. The zero-order valence-corrected chi connectivity index (χ0v) is 17.9. The van der Waals surface area contributed by atoms with Crippen LogP contribution in [0.5, 0.6) is 0 Å². The smallest absolute Gasteiger partial charge is 0.322 e. The van der Waals surface area contributed by atoms with Crippen molar-refractivity contribution in [3.05, 3.63) is 82.6 Å². The van der Waals surface area contributed by atoms with Crippen LogP contribution in [0.15, 0.2) is 70.6 Å². The molecule has 1 heterocycles. The minimum absolute atomic E-state index is 0.168. The summed E-state index contributed by atoms with van der Waals surface area (Å²) >= 11 is 6.94. The lowest BCUT2D eigenvalue weighted by Crippen LogP contribution is -2.22. The molecule has 6 nitrogen and oxygen atoms in total. The molecule has 0 unspecified atom stereocenters. The van der Waals surface area contributed by atoms with Crippen LogP contribution in [0.1, 0.15) is 26.4 Å². The standard InChI is InChI=1S/C21H15ClF3N3O3S/c1-31-28-20(30)18-11-15(8-9-26-18)32-14-5-3-13(4-6-14)27-19(29)12-2-7-17(22)16(10-12)21(23,24)25/h2-11H,1H3,(H,27,29)(H,28,30). The number of hydrogen-bond acceptors (Lipinski definition) is 5. The third-order valence-corrected chi connectivity index (χ3v) is 5.37. The lowest BCUT2D eigenvalue weighted by atomic mass is 10.1. The van der Waals surface area contributed by atoms with Crippen LogP contribution in [0.25, 0.3) is 0 Å². The van der Waals surface area contributed by atoms with Crippen molar-refractivity contribution in [1.82, 2.24) is 10.5 Å². The lowest BCUT2D eigenvalue weighted by Gasteiger charge is -2.11. The monoisotopic (exact) mass is 481 g/mol. The molecule has 0 fully saturated rings. The molecule has 2 amide bonds. The van der Waals surface area contributed by atoms with E-state index in [2.05, 4.69) is 20.6 Å². The van der Waals surface area contributed by atoms with E-state index in [0.29, 0.717) is 11.8 Å². The molecule has 0 aliphatic rings. The number of aromatic nitrogens is 1. The van der Waals surface area contributed by atoms with E-state index in [9.17, 15) is 22.8 Å². The van der Waals surface area contributed by atoms with Gasteiger partial charge in [-0.25, -0.2) is 5.48 Å². The van der Waals surface area contributed by atoms with Crippen molar-refractivity contribution in [3.63, 3.8) is 0 Å². The molecule has 3 rings (SSSR count). The SMILES string of the molecule is CONC(=O)c1cc(Sc2ccc(NC(=O)c3ccc(Cl)c(C(F)(F)F)c3)cc2)ccn1. The second-order valence-corrected chi connectivity index (χ2v) is 7.84. The van der Waals surface area contributed by atoms with Gasteiger partial charge in [0, 0.05) is 27.2 Å². The number of nitrogens with one attached hydrogen (secondary N) is 2. The van der Waals surface area contributed by atoms with Crippen LogP contribution < -0.4 is 10.8 Å². The first-order valence-electron chi connectivity index (χ1n) is 8.93. The Balaban J connectivity index is 1.68. The van der Waals surface area contributed by atoms with Crippen molar-refractivity contribution >= 4 is 40.9 Å². The highest BCUT2D eigenvalue weighted by molar-refractivity contribution is 7.99. The predicted molar refractivity (Wildman–Crippen MR) is 114 cm³/mol. The average Bonchev–Trinajstić information content (AvgIpc) is 2.75. The van der Waals surface area contributed by atoms with Gasteiger partial charge in [0.05, 0.1) is 17.7 Å². The van der Waals surface area contributed by atoms with Crippen LogP contribution in [0, 0.1) is 0 Å². The summed E-state index contributed by atoms with van der Waals surface area (Å²) in [7, 11) is 1.32. The number of hydroxylamine groups is 1. The molecule has 0 spiro atoms. The van der Waals surface area contributed by atoms with Gasteiger partial charge in [-0.3, -0.25) is 19.4 Å². The number of carbonyl (C=O) groups is 2. The van der Waals surface area contributed by atoms with E-state index in [1.807, 2.05) is 0 Å². The van der Waals surface area contributed by atoms with Gasteiger partial charge >= 0.3 is 6.18 Å². The van der Waals surface area contributed by atoms with E-state index >= 15 is 0 Å². The van der Waals surface area contributed by atoms with Crippen molar-refractivity contribution in [2.24, 2.45) is 0 Å². The van der Waals surface area contributed by atoms with Gasteiger partial charge in [-0.1, -0.05) is 23.4 Å². The highest BCUT2D eigenvalue weighted by Crippen LogP contribution is 2.35. The topological polar surface area (TPSA) is 80.3 Å². The Labute approximate surface area is 190 Å². The fourth-order valence-electron chi connectivity index (χ4n) is 2.57. The van der Waals surface area contributed by atoms with Gasteiger partial charge in [-0.15, -0.1) is 0 Å². The molecule has 0 aliphatic carbocycles. The van der Waals surface area contributed by atoms with Gasteiger partial charge in [0.25, 0.3) is 11.8 Å². The van der Waals surface area contributed by atoms with E-state index in [0.717, 1.165) is 15.9 Å². The van der Waals surface area contributed by atoms with Crippen molar-refractivity contribution in [2.45, 2.75) is 16.0 Å². The Morgan fingerprint density at radius 1 is 1.00 bits per heavy atom. The fourth-order valence-corrected chi connectivity index (χ4v) is 3.64. The zero-order chi connectivity index (χ0) is 23.3. The second-order valence-electron chi connectivity index (χ2n) is 6.29. The number of benzene rings is 2. The number of alkyl halides is 3. The third kappa shape index (κ3) is 6.00. The maximum atomic E-state index is 13.0. The number of anilines is 1. The highest BCUT2D eigenvalue weighted by atomic mass is 35.5. The summed E-state index contributed by atoms with van der Waals surface area (Å²) in [5.41, 5.74) is 1.53. The van der Waals surface area contributed by atoms with Crippen molar-refractivity contribution in [2.75, 3.05) is 12.4 Å². The molecule has 0 atom stereocenters. The summed E-state index contributed by atoms with van der Waals surface area (Å²) in [6.45, 7) is 0. The molecule has 0 bridgehead atoms. The summed E-state index contributed by atoms with van der Waals surface area (Å²) in [4.78, 5) is 34.2. The van der Waals surface area contributed by atoms with Crippen molar-refractivity contribution in [1.29, 1.82) is 0 Å². The first kappa shape index (κ1) is 23.6. The number of carbonyl (C=O) groups excluding carboxylic acids is 2. The number of rotatable bonds is 6. The first-order valence-corrected chi connectivity index (χ1v) is 10.1. The molecule has 11 heteroatoms. The van der Waals surface area contributed by atoms with Crippen LogP contribution >= 0.6 is 23.4 Å².